The molecule has 13 heteroatoms. The predicted molar refractivity (Wildman–Crippen MR) is 72.0 cm³/mol. The van der Waals surface area contributed by atoms with Crippen LogP contribution in [0.5, 0.6) is 0 Å². The number of nitro groups is 1. The van der Waals surface area contributed by atoms with Gasteiger partial charge in [-0.1, -0.05) is 0 Å². The van der Waals surface area contributed by atoms with E-state index in [4.69, 9.17) is 0 Å². The van der Waals surface area contributed by atoms with Crippen LogP contribution in [0.2, 0.25) is 0 Å². The van der Waals surface area contributed by atoms with Crippen LogP contribution in [0, 0.1) is 10.1 Å². The molecule has 1 amide bonds. The highest BCUT2D eigenvalue weighted by atomic mass is 19.4. The van der Waals surface area contributed by atoms with Gasteiger partial charge in [0.05, 0.1) is 23.0 Å². The second-order valence-electron chi connectivity index (χ2n) is 4.61. The summed E-state index contributed by atoms with van der Waals surface area (Å²) in [5, 5.41) is 20.5. The summed E-state index contributed by atoms with van der Waals surface area (Å²) in [4.78, 5) is 22.1. The van der Waals surface area contributed by atoms with Gasteiger partial charge in [-0.3, -0.25) is 19.6 Å². The molecule has 0 spiro atoms. The molecular weight excluding hydrogens is 337 g/mol. The summed E-state index contributed by atoms with van der Waals surface area (Å²) >= 11 is 0. The van der Waals surface area contributed by atoms with Gasteiger partial charge in [0, 0.05) is 7.05 Å². The van der Waals surface area contributed by atoms with Crippen LogP contribution in [-0.2, 0) is 18.5 Å². The molecule has 2 rings (SSSR count). The molecule has 0 aliphatic rings. The van der Waals surface area contributed by atoms with Crippen molar-refractivity contribution in [3.8, 4) is 0 Å². The summed E-state index contributed by atoms with van der Waals surface area (Å²) in [5.74, 6) is -0.849. The van der Waals surface area contributed by atoms with Crippen LogP contribution in [0.25, 0.3) is 0 Å². The molecule has 2 heterocycles. The van der Waals surface area contributed by atoms with Gasteiger partial charge in [0.2, 0.25) is 5.69 Å². The molecule has 130 valence electrons. The van der Waals surface area contributed by atoms with Gasteiger partial charge < -0.3 is 10.1 Å². The Labute approximate surface area is 132 Å². The number of carbonyl (C=O) groups excluding carboxylic acids is 1. The van der Waals surface area contributed by atoms with Gasteiger partial charge in [-0.25, -0.2) is 4.68 Å². The van der Waals surface area contributed by atoms with Gasteiger partial charge in [0.25, 0.3) is 5.91 Å². The molecule has 0 saturated heterocycles. The van der Waals surface area contributed by atoms with Crippen molar-refractivity contribution in [3.05, 3.63) is 34.4 Å². The Morgan fingerprint density at radius 3 is 2.79 bits per heavy atom. The minimum atomic E-state index is -4.46. The minimum Gasteiger partial charge on any atom is -0.350 e. The van der Waals surface area contributed by atoms with Gasteiger partial charge >= 0.3 is 11.9 Å². The number of nitrogens with one attached hydrogen (secondary N) is 1. The van der Waals surface area contributed by atoms with Gasteiger partial charge in [-0.15, -0.1) is 0 Å². The fourth-order valence-corrected chi connectivity index (χ4v) is 1.72. The molecule has 0 saturated carbocycles. The van der Waals surface area contributed by atoms with E-state index in [-0.39, 0.29) is 5.69 Å². The summed E-state index contributed by atoms with van der Waals surface area (Å²) in [5.41, 5.74) is -0.755. The third-order valence-corrected chi connectivity index (χ3v) is 2.60. The van der Waals surface area contributed by atoms with Crippen LogP contribution in [0.4, 0.5) is 24.5 Å². The first-order valence-corrected chi connectivity index (χ1v) is 6.32. The van der Waals surface area contributed by atoms with Crippen LogP contribution in [0.15, 0.2) is 18.6 Å². The molecular formula is C11H11F3N6O4. The summed E-state index contributed by atoms with van der Waals surface area (Å²) < 4.78 is 42.4. The predicted octanol–water partition coefficient (Wildman–Crippen LogP) is 1.31. The zero-order valence-corrected chi connectivity index (χ0v) is 12.1. The second kappa shape index (κ2) is 6.66. The first kappa shape index (κ1) is 17.4. The van der Waals surface area contributed by atoms with Crippen LogP contribution in [-0.4, -0.2) is 43.2 Å². The monoisotopic (exact) mass is 348 g/mol. The third-order valence-electron chi connectivity index (χ3n) is 2.60. The van der Waals surface area contributed by atoms with Crippen LogP contribution in [0.3, 0.4) is 0 Å². The number of aryl methyl sites for hydroxylation is 1. The lowest BCUT2D eigenvalue weighted by Gasteiger charge is -2.07. The van der Waals surface area contributed by atoms with E-state index in [1.807, 2.05) is 0 Å². The molecule has 0 aliphatic carbocycles. The quantitative estimate of drug-likeness (QED) is 0.621. The number of halogens is 3. The fraction of sp³-hybridized carbons (Fsp3) is 0.364. The molecule has 0 aliphatic heterocycles. The molecule has 1 N–H and O–H groups in total. The van der Waals surface area contributed by atoms with Gasteiger partial charge in [0.15, 0.2) is 0 Å². The molecule has 2 aromatic heterocycles. The SMILES string of the molecule is Cn1cc([N+](=O)[O-])c(C(=O)Nc2cnn(COCC(F)(F)F)c2)n1. The van der Waals surface area contributed by atoms with Gasteiger partial charge in [0.1, 0.15) is 19.5 Å². The van der Waals surface area contributed by atoms with Gasteiger partial charge in [-0.05, 0) is 0 Å². The largest absolute Gasteiger partial charge is 0.411 e. The normalized spacial score (nSPS) is 11.5. The topological polar surface area (TPSA) is 117 Å². The van der Waals surface area contributed by atoms with E-state index in [9.17, 15) is 28.1 Å². The maximum Gasteiger partial charge on any atom is 0.411 e. The Morgan fingerprint density at radius 2 is 2.17 bits per heavy atom. The van der Waals surface area contributed by atoms with Crippen molar-refractivity contribution in [2.75, 3.05) is 11.9 Å². The first-order chi connectivity index (χ1) is 11.2. The number of nitrogens with zero attached hydrogens (tertiary/aromatic N) is 5. The highest BCUT2D eigenvalue weighted by Gasteiger charge is 2.27. The van der Waals surface area contributed by atoms with Crippen LogP contribution < -0.4 is 5.32 Å². The smallest absolute Gasteiger partial charge is 0.350 e. The van der Waals surface area contributed by atoms with Crippen molar-refractivity contribution < 1.29 is 27.6 Å². The lowest BCUT2D eigenvalue weighted by atomic mass is 10.3. The summed E-state index contributed by atoms with van der Waals surface area (Å²) in [7, 11) is 1.42. The molecule has 10 nitrogen and oxygen atoms in total. The van der Waals surface area contributed by atoms with Crippen LogP contribution in [0.1, 0.15) is 10.5 Å². The minimum absolute atomic E-state index is 0.121. The third kappa shape index (κ3) is 4.52. The van der Waals surface area contributed by atoms with Crippen molar-refractivity contribution in [2.24, 2.45) is 7.05 Å². The Hall–Kier alpha value is -2.96. The number of hydrogen-bond donors (Lipinski definition) is 1. The van der Waals surface area contributed by atoms with Crippen molar-refractivity contribution >= 4 is 17.3 Å². The Kier molecular flexibility index (Phi) is 4.82. The second-order valence-corrected chi connectivity index (χ2v) is 4.61. The molecule has 0 fully saturated rings. The number of rotatable bonds is 6. The van der Waals surface area contributed by atoms with E-state index >= 15 is 0 Å². The molecule has 24 heavy (non-hydrogen) atoms. The van der Waals surface area contributed by atoms with Gasteiger partial charge in [-0.2, -0.15) is 23.4 Å². The number of carbonyl (C=O) groups is 1. The van der Waals surface area contributed by atoms with Crippen molar-refractivity contribution in [3.63, 3.8) is 0 Å². The first-order valence-electron chi connectivity index (χ1n) is 6.32. The Morgan fingerprint density at radius 1 is 1.46 bits per heavy atom. The van der Waals surface area contributed by atoms with E-state index in [1.165, 1.54) is 13.2 Å². The summed E-state index contributed by atoms with van der Waals surface area (Å²) in [6, 6.07) is 0. The van der Waals surface area contributed by atoms with E-state index < -0.39 is 41.7 Å². The zero-order valence-electron chi connectivity index (χ0n) is 12.1. The van der Waals surface area contributed by atoms with E-state index in [2.05, 4.69) is 20.3 Å². The lowest BCUT2D eigenvalue weighted by Crippen LogP contribution is -2.18. The maximum atomic E-state index is 12.0. The number of alkyl halides is 3. The van der Waals surface area contributed by atoms with Crippen molar-refractivity contribution in [2.45, 2.75) is 12.9 Å². The number of anilines is 1. The van der Waals surface area contributed by atoms with E-state index in [0.29, 0.717) is 0 Å². The average molecular weight is 348 g/mol. The fourth-order valence-electron chi connectivity index (χ4n) is 1.72. The maximum absolute atomic E-state index is 12.0. The number of hydrogen-bond acceptors (Lipinski definition) is 6. The lowest BCUT2D eigenvalue weighted by molar-refractivity contribution is -0.385. The molecule has 0 unspecified atom stereocenters. The molecule has 2 aromatic rings. The molecule has 0 atom stereocenters. The molecule has 0 bridgehead atoms. The highest BCUT2D eigenvalue weighted by Crippen LogP contribution is 2.18. The van der Waals surface area contributed by atoms with E-state index in [0.717, 1.165) is 21.8 Å². The van der Waals surface area contributed by atoms with Crippen molar-refractivity contribution in [1.29, 1.82) is 0 Å². The number of amides is 1. The number of aromatic nitrogens is 4. The Bertz CT molecular complexity index is 753. The summed E-state index contributed by atoms with van der Waals surface area (Å²) in [6.45, 7) is -1.91. The van der Waals surface area contributed by atoms with E-state index in [1.54, 1.807) is 0 Å². The summed E-state index contributed by atoms with van der Waals surface area (Å²) in [6.07, 6.45) is -1.02. The Balaban J connectivity index is 1.99. The molecule has 0 radical (unpaired) electrons. The van der Waals surface area contributed by atoms with Crippen molar-refractivity contribution in [1.82, 2.24) is 19.6 Å². The van der Waals surface area contributed by atoms with Crippen LogP contribution >= 0.6 is 0 Å². The molecule has 0 aromatic carbocycles. The number of ether oxygens (including phenoxy) is 1. The highest BCUT2D eigenvalue weighted by molar-refractivity contribution is 6.05. The zero-order chi connectivity index (χ0) is 17.9. The standard InChI is InChI=1S/C11H11F3N6O4/c1-18-4-8(20(22)23)9(17-18)10(21)16-7-2-15-19(3-7)6-24-5-11(12,13)14/h2-4H,5-6H2,1H3,(H,16,21). The average Bonchev–Trinajstić information content (AvgIpc) is 3.04.